The van der Waals surface area contributed by atoms with Gasteiger partial charge in [-0.1, -0.05) is 0 Å². The fourth-order valence-electron chi connectivity index (χ4n) is 2.15. The third kappa shape index (κ3) is 2.13. The molecule has 1 heterocycles. The summed E-state index contributed by atoms with van der Waals surface area (Å²) in [5, 5.41) is 0. The van der Waals surface area contributed by atoms with E-state index in [-0.39, 0.29) is 5.92 Å². The largest absolute Gasteiger partial charge is 0.367 e. The van der Waals surface area contributed by atoms with E-state index < -0.39 is 11.6 Å². The molecule has 1 saturated heterocycles. The summed E-state index contributed by atoms with van der Waals surface area (Å²) >= 11 is 0. The Morgan fingerprint density at radius 3 is 2.53 bits per heavy atom. The van der Waals surface area contributed by atoms with Crippen molar-refractivity contribution in [2.45, 2.75) is 12.1 Å². The first-order valence-corrected chi connectivity index (χ1v) is 5.42. The van der Waals surface area contributed by atoms with Gasteiger partial charge in [-0.3, -0.25) is 4.79 Å². The fourth-order valence-corrected chi connectivity index (χ4v) is 2.15. The van der Waals surface area contributed by atoms with Crippen LogP contribution in [0.1, 0.15) is 6.42 Å². The van der Waals surface area contributed by atoms with Crippen molar-refractivity contribution in [2.75, 3.05) is 39.8 Å². The minimum atomic E-state index is -1.71. The first-order chi connectivity index (χ1) is 7.02. The molecule has 1 aliphatic carbocycles. The number of halogens is 1. The Hall–Kier alpha value is -0.680. The molecule has 0 aromatic carbocycles. The van der Waals surface area contributed by atoms with Crippen LogP contribution in [0.2, 0.25) is 0 Å². The van der Waals surface area contributed by atoms with E-state index in [4.69, 9.17) is 5.73 Å². The minimum absolute atomic E-state index is 0.168. The van der Waals surface area contributed by atoms with Crippen molar-refractivity contribution in [2.24, 2.45) is 11.7 Å². The maximum absolute atomic E-state index is 13.6. The summed E-state index contributed by atoms with van der Waals surface area (Å²) in [5.41, 5.74) is 3.30. The van der Waals surface area contributed by atoms with Gasteiger partial charge in [-0.15, -0.1) is 0 Å². The van der Waals surface area contributed by atoms with E-state index in [0.29, 0.717) is 13.0 Å². The van der Waals surface area contributed by atoms with Crippen LogP contribution >= 0.6 is 0 Å². The van der Waals surface area contributed by atoms with Gasteiger partial charge < -0.3 is 15.5 Å². The van der Waals surface area contributed by atoms with Gasteiger partial charge in [0.05, 0.1) is 0 Å². The van der Waals surface area contributed by atoms with Gasteiger partial charge in [0.25, 0.3) is 5.91 Å². The summed E-state index contributed by atoms with van der Waals surface area (Å²) in [7, 11) is 2.08. The molecule has 2 fully saturated rings. The molecular weight excluding hydrogens is 197 g/mol. The average Bonchev–Trinajstić information content (AvgIpc) is 2.83. The number of carbonyl (C=O) groups excluding carboxylic acids is 1. The predicted molar refractivity (Wildman–Crippen MR) is 55.1 cm³/mol. The number of hydrogen-bond donors (Lipinski definition) is 1. The van der Waals surface area contributed by atoms with Crippen molar-refractivity contribution in [3.8, 4) is 0 Å². The standard InChI is InChI=1S/C10H18FN3O/c1-13-2-4-14(5-3-13)7-8-6-10(8,11)9(12)15/h8H,2-7H2,1H3,(H2,12,15)/t8?,10-/m1/s1. The number of nitrogens with two attached hydrogens (primary N) is 1. The van der Waals surface area contributed by atoms with Crippen LogP contribution in [0, 0.1) is 5.92 Å². The number of primary amides is 1. The Labute approximate surface area is 89.2 Å². The Bertz CT molecular complexity index is 265. The van der Waals surface area contributed by atoms with Gasteiger partial charge >= 0.3 is 0 Å². The summed E-state index contributed by atoms with van der Waals surface area (Å²) in [4.78, 5) is 15.3. The van der Waals surface area contributed by atoms with Gasteiger partial charge in [-0.05, 0) is 13.5 Å². The molecule has 2 N–H and O–H groups in total. The van der Waals surface area contributed by atoms with Crippen LogP contribution in [0.15, 0.2) is 0 Å². The molecule has 1 aliphatic heterocycles. The lowest BCUT2D eigenvalue weighted by Gasteiger charge is -2.32. The maximum atomic E-state index is 13.6. The highest BCUT2D eigenvalue weighted by Crippen LogP contribution is 2.47. The molecule has 0 bridgehead atoms. The van der Waals surface area contributed by atoms with E-state index >= 15 is 0 Å². The molecule has 0 radical (unpaired) electrons. The monoisotopic (exact) mass is 215 g/mol. The lowest BCUT2D eigenvalue weighted by molar-refractivity contribution is -0.124. The van der Waals surface area contributed by atoms with Crippen LogP contribution in [0.5, 0.6) is 0 Å². The van der Waals surface area contributed by atoms with Gasteiger partial charge in [-0.2, -0.15) is 0 Å². The second kappa shape index (κ2) is 3.72. The number of carbonyl (C=O) groups is 1. The van der Waals surface area contributed by atoms with Crippen molar-refractivity contribution < 1.29 is 9.18 Å². The summed E-state index contributed by atoms with van der Waals surface area (Å²) in [6, 6.07) is 0. The van der Waals surface area contributed by atoms with Crippen LogP contribution in [0.4, 0.5) is 4.39 Å². The number of alkyl halides is 1. The van der Waals surface area contributed by atoms with Crippen LogP contribution < -0.4 is 5.73 Å². The van der Waals surface area contributed by atoms with Gasteiger partial charge in [0, 0.05) is 38.6 Å². The lowest BCUT2D eigenvalue weighted by Crippen LogP contribution is -2.45. The highest BCUT2D eigenvalue weighted by molar-refractivity contribution is 5.87. The number of hydrogen-bond acceptors (Lipinski definition) is 3. The van der Waals surface area contributed by atoms with Gasteiger partial charge in [0.15, 0.2) is 5.67 Å². The van der Waals surface area contributed by atoms with Gasteiger partial charge in [0.2, 0.25) is 0 Å². The third-order valence-corrected chi connectivity index (χ3v) is 3.51. The molecule has 0 spiro atoms. The van der Waals surface area contributed by atoms with Crippen LogP contribution in [-0.2, 0) is 4.79 Å². The van der Waals surface area contributed by atoms with Crippen molar-refractivity contribution in [3.05, 3.63) is 0 Å². The zero-order valence-electron chi connectivity index (χ0n) is 9.08. The fraction of sp³-hybridized carbons (Fsp3) is 0.900. The van der Waals surface area contributed by atoms with Crippen molar-refractivity contribution >= 4 is 5.91 Å². The quantitative estimate of drug-likeness (QED) is 0.687. The average molecular weight is 215 g/mol. The topological polar surface area (TPSA) is 49.6 Å². The summed E-state index contributed by atoms with van der Waals surface area (Å²) in [5.74, 6) is -0.958. The van der Waals surface area contributed by atoms with Crippen LogP contribution in [0.3, 0.4) is 0 Å². The lowest BCUT2D eigenvalue weighted by atomic mass is 10.2. The van der Waals surface area contributed by atoms with Gasteiger partial charge in [-0.25, -0.2) is 4.39 Å². The molecule has 2 aliphatic rings. The third-order valence-electron chi connectivity index (χ3n) is 3.51. The Balaban J connectivity index is 1.78. The molecule has 86 valence electrons. The first kappa shape index (κ1) is 10.8. The number of nitrogens with zero attached hydrogens (tertiary/aromatic N) is 2. The number of amides is 1. The highest BCUT2D eigenvalue weighted by atomic mass is 19.1. The van der Waals surface area contributed by atoms with E-state index in [1.54, 1.807) is 0 Å². The molecule has 1 amide bonds. The second-order valence-corrected chi connectivity index (χ2v) is 4.73. The first-order valence-electron chi connectivity index (χ1n) is 5.42. The molecular formula is C10H18FN3O. The van der Waals surface area contributed by atoms with Crippen LogP contribution in [-0.4, -0.2) is 61.1 Å². The number of rotatable bonds is 3. The summed E-state index contributed by atoms with van der Waals surface area (Å²) < 4.78 is 13.6. The summed E-state index contributed by atoms with van der Waals surface area (Å²) in [6.45, 7) is 4.63. The Kier molecular flexibility index (Phi) is 2.68. The van der Waals surface area contributed by atoms with E-state index in [2.05, 4.69) is 16.8 Å². The zero-order valence-corrected chi connectivity index (χ0v) is 9.08. The molecule has 2 atom stereocenters. The normalized spacial score (nSPS) is 37.9. The number of likely N-dealkylation sites (N-methyl/N-ethyl adjacent to an activating group) is 1. The molecule has 0 aromatic heterocycles. The molecule has 0 aromatic rings. The number of piperazine rings is 1. The Morgan fingerprint density at radius 2 is 2.07 bits per heavy atom. The van der Waals surface area contributed by atoms with E-state index in [9.17, 15) is 9.18 Å². The zero-order chi connectivity index (χ0) is 11.1. The molecule has 1 saturated carbocycles. The van der Waals surface area contributed by atoms with E-state index in [0.717, 1.165) is 26.2 Å². The molecule has 1 unspecified atom stereocenters. The minimum Gasteiger partial charge on any atom is -0.367 e. The molecule has 2 rings (SSSR count). The Morgan fingerprint density at radius 1 is 1.47 bits per heavy atom. The van der Waals surface area contributed by atoms with E-state index in [1.807, 2.05) is 0 Å². The smallest absolute Gasteiger partial charge is 0.255 e. The maximum Gasteiger partial charge on any atom is 0.255 e. The highest BCUT2D eigenvalue weighted by Gasteiger charge is 2.60. The predicted octanol–water partition coefficient (Wildman–Crippen LogP) is -0.553. The molecule has 4 nitrogen and oxygen atoms in total. The van der Waals surface area contributed by atoms with E-state index in [1.165, 1.54) is 0 Å². The van der Waals surface area contributed by atoms with Crippen molar-refractivity contribution in [3.63, 3.8) is 0 Å². The molecule has 15 heavy (non-hydrogen) atoms. The SMILES string of the molecule is CN1CCN(CC2C[C@]2(F)C(N)=O)CC1. The molecule has 5 heteroatoms. The second-order valence-electron chi connectivity index (χ2n) is 4.73. The summed E-state index contributed by atoms with van der Waals surface area (Å²) in [6.07, 6.45) is 0.314. The van der Waals surface area contributed by atoms with Crippen LogP contribution in [0.25, 0.3) is 0 Å². The van der Waals surface area contributed by atoms with Crippen molar-refractivity contribution in [1.29, 1.82) is 0 Å². The van der Waals surface area contributed by atoms with Gasteiger partial charge in [0.1, 0.15) is 0 Å². The van der Waals surface area contributed by atoms with Crippen molar-refractivity contribution in [1.82, 2.24) is 9.80 Å².